The Morgan fingerprint density at radius 2 is 1.88 bits per heavy atom. The summed E-state index contributed by atoms with van der Waals surface area (Å²) in [6.45, 7) is 6.89. The first-order valence-electron chi connectivity index (χ1n) is 6.88. The zero-order valence-electron chi connectivity index (χ0n) is 10.8. The molecule has 0 heterocycles. The van der Waals surface area contributed by atoms with Gasteiger partial charge in [0.15, 0.2) is 0 Å². The molecule has 2 aliphatic rings. The van der Waals surface area contributed by atoms with E-state index in [1.807, 2.05) is 0 Å². The van der Waals surface area contributed by atoms with Gasteiger partial charge in [-0.2, -0.15) is 0 Å². The third-order valence-corrected chi connectivity index (χ3v) is 4.30. The molecule has 1 amide bonds. The number of carbonyl (C=O) groups is 1. The van der Waals surface area contributed by atoms with Crippen molar-refractivity contribution in [2.75, 3.05) is 0 Å². The molecule has 0 aliphatic heterocycles. The molecule has 0 unspecified atom stereocenters. The SMILES string of the molecule is CC(C)[C@@H]1CC[C@@H](C)C[C@H]1NC(=O)C1CC1. The summed E-state index contributed by atoms with van der Waals surface area (Å²) in [5.74, 6) is 2.84. The maximum atomic E-state index is 11.8. The Labute approximate surface area is 99.2 Å². The minimum Gasteiger partial charge on any atom is -0.353 e. The van der Waals surface area contributed by atoms with Crippen LogP contribution in [-0.4, -0.2) is 11.9 Å². The molecule has 16 heavy (non-hydrogen) atoms. The van der Waals surface area contributed by atoms with Crippen LogP contribution in [0.3, 0.4) is 0 Å². The van der Waals surface area contributed by atoms with E-state index in [1.54, 1.807) is 0 Å². The number of hydrogen-bond acceptors (Lipinski definition) is 1. The molecule has 2 saturated carbocycles. The maximum absolute atomic E-state index is 11.8. The fraction of sp³-hybridized carbons (Fsp3) is 0.929. The number of carbonyl (C=O) groups excluding carboxylic acids is 1. The molecular weight excluding hydrogens is 198 g/mol. The third kappa shape index (κ3) is 2.78. The number of nitrogens with one attached hydrogen (secondary N) is 1. The van der Waals surface area contributed by atoms with Crippen LogP contribution in [0.5, 0.6) is 0 Å². The van der Waals surface area contributed by atoms with E-state index < -0.39 is 0 Å². The monoisotopic (exact) mass is 223 g/mol. The lowest BCUT2D eigenvalue weighted by molar-refractivity contribution is -0.123. The summed E-state index contributed by atoms with van der Waals surface area (Å²) in [4.78, 5) is 11.8. The van der Waals surface area contributed by atoms with Crippen LogP contribution < -0.4 is 5.32 Å². The van der Waals surface area contributed by atoms with Crippen molar-refractivity contribution >= 4 is 5.91 Å². The Kier molecular flexibility index (Phi) is 3.56. The lowest BCUT2D eigenvalue weighted by Gasteiger charge is -2.37. The van der Waals surface area contributed by atoms with Gasteiger partial charge in [0, 0.05) is 12.0 Å². The van der Waals surface area contributed by atoms with Crippen LogP contribution in [0.25, 0.3) is 0 Å². The summed E-state index contributed by atoms with van der Waals surface area (Å²) in [6.07, 6.45) is 6.02. The third-order valence-electron chi connectivity index (χ3n) is 4.30. The molecule has 2 aliphatic carbocycles. The zero-order valence-corrected chi connectivity index (χ0v) is 10.8. The molecule has 2 heteroatoms. The molecule has 2 rings (SSSR count). The second-order valence-corrected chi connectivity index (χ2v) is 6.22. The van der Waals surface area contributed by atoms with Gasteiger partial charge in [-0.3, -0.25) is 4.79 Å². The van der Waals surface area contributed by atoms with Gasteiger partial charge in [0.05, 0.1) is 0 Å². The molecule has 0 aromatic heterocycles. The fourth-order valence-electron chi connectivity index (χ4n) is 3.01. The predicted octanol–water partition coefficient (Wildman–Crippen LogP) is 2.97. The summed E-state index contributed by atoms with van der Waals surface area (Å²) in [5, 5.41) is 3.30. The summed E-state index contributed by atoms with van der Waals surface area (Å²) in [7, 11) is 0. The van der Waals surface area contributed by atoms with Gasteiger partial charge in [-0.05, 0) is 43.4 Å². The van der Waals surface area contributed by atoms with Crippen molar-refractivity contribution in [2.45, 2.75) is 58.9 Å². The van der Waals surface area contributed by atoms with E-state index in [4.69, 9.17) is 0 Å². The number of hydrogen-bond donors (Lipinski definition) is 1. The van der Waals surface area contributed by atoms with Crippen LogP contribution in [0.4, 0.5) is 0 Å². The summed E-state index contributed by atoms with van der Waals surface area (Å²) < 4.78 is 0. The molecule has 0 bridgehead atoms. The predicted molar refractivity (Wildman–Crippen MR) is 66.0 cm³/mol. The van der Waals surface area contributed by atoms with Crippen molar-refractivity contribution in [3.63, 3.8) is 0 Å². The molecular formula is C14H25NO. The Bertz CT molecular complexity index is 257. The fourth-order valence-corrected chi connectivity index (χ4v) is 3.01. The lowest BCUT2D eigenvalue weighted by Crippen LogP contribution is -2.46. The smallest absolute Gasteiger partial charge is 0.223 e. The number of amides is 1. The van der Waals surface area contributed by atoms with Crippen molar-refractivity contribution in [3.8, 4) is 0 Å². The van der Waals surface area contributed by atoms with Crippen LogP contribution in [0.1, 0.15) is 52.9 Å². The van der Waals surface area contributed by atoms with E-state index in [9.17, 15) is 4.79 Å². The highest BCUT2D eigenvalue weighted by atomic mass is 16.2. The first-order valence-corrected chi connectivity index (χ1v) is 6.88. The quantitative estimate of drug-likeness (QED) is 0.783. The van der Waals surface area contributed by atoms with Gasteiger partial charge in [-0.1, -0.05) is 27.2 Å². The Balaban J connectivity index is 1.93. The van der Waals surface area contributed by atoms with E-state index in [2.05, 4.69) is 26.1 Å². The molecule has 1 N–H and O–H groups in total. The molecule has 0 saturated heterocycles. The van der Waals surface area contributed by atoms with Gasteiger partial charge in [0.1, 0.15) is 0 Å². The summed E-state index contributed by atoms with van der Waals surface area (Å²) >= 11 is 0. The average molecular weight is 223 g/mol. The van der Waals surface area contributed by atoms with Crippen LogP contribution >= 0.6 is 0 Å². The van der Waals surface area contributed by atoms with Crippen molar-refractivity contribution in [1.29, 1.82) is 0 Å². The van der Waals surface area contributed by atoms with Crippen molar-refractivity contribution in [3.05, 3.63) is 0 Å². The van der Waals surface area contributed by atoms with Crippen LogP contribution in [-0.2, 0) is 4.79 Å². The van der Waals surface area contributed by atoms with Gasteiger partial charge in [0.25, 0.3) is 0 Å². The molecule has 3 atom stereocenters. The second kappa shape index (κ2) is 4.77. The Hall–Kier alpha value is -0.530. The molecule has 0 spiro atoms. The largest absolute Gasteiger partial charge is 0.353 e. The summed E-state index contributed by atoms with van der Waals surface area (Å²) in [6, 6.07) is 0.442. The van der Waals surface area contributed by atoms with E-state index >= 15 is 0 Å². The van der Waals surface area contributed by atoms with Gasteiger partial charge >= 0.3 is 0 Å². The topological polar surface area (TPSA) is 29.1 Å². The Morgan fingerprint density at radius 3 is 2.44 bits per heavy atom. The van der Waals surface area contributed by atoms with Gasteiger partial charge in [-0.15, -0.1) is 0 Å². The van der Waals surface area contributed by atoms with Crippen LogP contribution in [0.2, 0.25) is 0 Å². The van der Waals surface area contributed by atoms with E-state index in [0.29, 0.717) is 29.7 Å². The van der Waals surface area contributed by atoms with Crippen LogP contribution in [0.15, 0.2) is 0 Å². The first-order chi connectivity index (χ1) is 7.58. The second-order valence-electron chi connectivity index (χ2n) is 6.22. The number of rotatable bonds is 3. The molecule has 0 aromatic rings. The minimum atomic E-state index is 0.324. The standard InChI is InChI=1S/C14H25NO/c1-9(2)12-7-4-10(3)8-13(12)15-14(16)11-5-6-11/h9-13H,4-8H2,1-3H3,(H,15,16)/t10-,12+,13-/m1/s1. The highest BCUT2D eigenvalue weighted by Gasteiger charge is 2.35. The molecule has 92 valence electrons. The van der Waals surface area contributed by atoms with E-state index in [-0.39, 0.29) is 0 Å². The van der Waals surface area contributed by atoms with Gasteiger partial charge in [0.2, 0.25) is 5.91 Å². The highest BCUT2D eigenvalue weighted by Crippen LogP contribution is 2.35. The van der Waals surface area contributed by atoms with Gasteiger partial charge in [-0.25, -0.2) is 0 Å². The molecule has 2 nitrogen and oxygen atoms in total. The first kappa shape index (κ1) is 11.9. The van der Waals surface area contributed by atoms with Crippen LogP contribution in [0, 0.1) is 23.7 Å². The van der Waals surface area contributed by atoms with Crippen molar-refractivity contribution in [1.82, 2.24) is 5.32 Å². The zero-order chi connectivity index (χ0) is 11.7. The van der Waals surface area contributed by atoms with Gasteiger partial charge < -0.3 is 5.32 Å². The average Bonchev–Trinajstić information content (AvgIpc) is 2.99. The van der Waals surface area contributed by atoms with E-state index in [0.717, 1.165) is 18.8 Å². The highest BCUT2D eigenvalue weighted by molar-refractivity contribution is 5.81. The molecule has 0 aromatic carbocycles. The Morgan fingerprint density at radius 1 is 1.19 bits per heavy atom. The van der Waals surface area contributed by atoms with Crippen molar-refractivity contribution in [2.24, 2.45) is 23.7 Å². The maximum Gasteiger partial charge on any atom is 0.223 e. The van der Waals surface area contributed by atoms with E-state index in [1.165, 1.54) is 19.3 Å². The minimum absolute atomic E-state index is 0.324. The normalized spacial score (nSPS) is 35.1. The lowest BCUT2D eigenvalue weighted by atomic mass is 9.74. The molecule has 0 radical (unpaired) electrons. The van der Waals surface area contributed by atoms with Crippen molar-refractivity contribution < 1.29 is 4.79 Å². The summed E-state index contributed by atoms with van der Waals surface area (Å²) in [5.41, 5.74) is 0. The molecule has 2 fully saturated rings.